The Morgan fingerprint density at radius 1 is 1.26 bits per heavy atom. The number of nitrogens with one attached hydrogen (secondary N) is 1. The van der Waals surface area contributed by atoms with Crippen LogP contribution in [0.1, 0.15) is 50.6 Å². The molecule has 0 amide bonds. The van der Waals surface area contributed by atoms with Gasteiger partial charge in [-0.3, -0.25) is 0 Å². The molecular formula is C16H23NO2. The summed E-state index contributed by atoms with van der Waals surface area (Å²) in [7, 11) is 0. The van der Waals surface area contributed by atoms with E-state index in [2.05, 4.69) is 12.2 Å². The van der Waals surface area contributed by atoms with E-state index < -0.39 is 0 Å². The molecule has 1 aromatic carbocycles. The molecular weight excluding hydrogens is 238 g/mol. The van der Waals surface area contributed by atoms with E-state index in [4.69, 9.17) is 4.74 Å². The SMILES string of the molecule is C[C@H](NC1COc2cc(O)ccc21)C1CCCCC1. The average Bonchev–Trinajstić information content (AvgIpc) is 2.82. The van der Waals surface area contributed by atoms with E-state index in [1.807, 2.05) is 6.07 Å². The molecule has 0 saturated heterocycles. The van der Waals surface area contributed by atoms with E-state index in [0.29, 0.717) is 12.6 Å². The Balaban J connectivity index is 1.65. The molecule has 2 atom stereocenters. The fraction of sp³-hybridized carbons (Fsp3) is 0.625. The monoisotopic (exact) mass is 261 g/mol. The second-order valence-corrected chi connectivity index (χ2v) is 5.94. The fourth-order valence-corrected chi connectivity index (χ4v) is 3.42. The van der Waals surface area contributed by atoms with Crippen LogP contribution in [0, 0.1) is 5.92 Å². The predicted molar refractivity (Wildman–Crippen MR) is 75.5 cm³/mol. The number of hydrogen-bond donors (Lipinski definition) is 2. The summed E-state index contributed by atoms with van der Waals surface area (Å²) < 4.78 is 5.66. The summed E-state index contributed by atoms with van der Waals surface area (Å²) in [4.78, 5) is 0. The first-order valence-corrected chi connectivity index (χ1v) is 7.46. The molecule has 1 aliphatic carbocycles. The number of phenolic OH excluding ortho intramolecular Hbond substituents is 1. The van der Waals surface area contributed by atoms with Crippen LogP contribution in [0.2, 0.25) is 0 Å². The summed E-state index contributed by atoms with van der Waals surface area (Å²) in [5.74, 6) is 1.91. The highest BCUT2D eigenvalue weighted by Gasteiger charge is 2.28. The van der Waals surface area contributed by atoms with E-state index in [9.17, 15) is 5.11 Å². The smallest absolute Gasteiger partial charge is 0.127 e. The lowest BCUT2D eigenvalue weighted by Crippen LogP contribution is -2.37. The van der Waals surface area contributed by atoms with Crippen LogP contribution in [0.3, 0.4) is 0 Å². The molecule has 19 heavy (non-hydrogen) atoms. The van der Waals surface area contributed by atoms with Gasteiger partial charge in [-0.15, -0.1) is 0 Å². The molecule has 1 aliphatic heterocycles. The lowest BCUT2D eigenvalue weighted by Gasteiger charge is -2.30. The Morgan fingerprint density at radius 3 is 2.84 bits per heavy atom. The number of fused-ring (bicyclic) bond motifs is 1. The molecule has 2 N–H and O–H groups in total. The van der Waals surface area contributed by atoms with Crippen molar-refractivity contribution in [2.75, 3.05) is 6.61 Å². The molecule has 1 unspecified atom stereocenters. The third-order valence-corrected chi connectivity index (χ3v) is 4.60. The van der Waals surface area contributed by atoms with E-state index in [1.165, 1.54) is 37.7 Å². The Kier molecular flexibility index (Phi) is 3.65. The molecule has 3 heteroatoms. The largest absolute Gasteiger partial charge is 0.508 e. The summed E-state index contributed by atoms with van der Waals surface area (Å²) in [6.45, 7) is 2.98. The van der Waals surface area contributed by atoms with Crippen molar-refractivity contribution >= 4 is 0 Å². The topological polar surface area (TPSA) is 41.5 Å². The van der Waals surface area contributed by atoms with Gasteiger partial charge >= 0.3 is 0 Å². The van der Waals surface area contributed by atoms with Crippen molar-refractivity contribution in [2.45, 2.75) is 51.1 Å². The zero-order chi connectivity index (χ0) is 13.2. The Morgan fingerprint density at radius 2 is 2.05 bits per heavy atom. The van der Waals surface area contributed by atoms with Crippen LogP contribution < -0.4 is 10.1 Å². The Hall–Kier alpha value is -1.22. The van der Waals surface area contributed by atoms with E-state index in [1.54, 1.807) is 12.1 Å². The van der Waals surface area contributed by atoms with Gasteiger partial charge in [-0.25, -0.2) is 0 Å². The van der Waals surface area contributed by atoms with Gasteiger partial charge in [0.05, 0.1) is 6.04 Å². The highest BCUT2D eigenvalue weighted by Crippen LogP contribution is 2.36. The summed E-state index contributed by atoms with van der Waals surface area (Å²) in [5, 5.41) is 13.2. The van der Waals surface area contributed by atoms with Gasteiger partial charge in [0.2, 0.25) is 0 Å². The highest BCUT2D eigenvalue weighted by atomic mass is 16.5. The molecule has 0 aromatic heterocycles. The number of phenols is 1. The molecule has 1 saturated carbocycles. The van der Waals surface area contributed by atoms with Crippen molar-refractivity contribution in [3.05, 3.63) is 23.8 Å². The first kappa shape index (κ1) is 12.8. The lowest BCUT2D eigenvalue weighted by atomic mass is 9.84. The predicted octanol–water partition coefficient (Wildman–Crippen LogP) is 3.38. The molecule has 0 bridgehead atoms. The number of rotatable bonds is 3. The molecule has 1 aromatic rings. The quantitative estimate of drug-likeness (QED) is 0.876. The Bertz CT molecular complexity index is 440. The van der Waals surface area contributed by atoms with Crippen LogP contribution in [-0.2, 0) is 0 Å². The standard InChI is InChI=1S/C16H23NO2/c1-11(12-5-3-2-4-6-12)17-15-10-19-16-9-13(18)7-8-14(15)16/h7-9,11-12,15,17-18H,2-6,10H2,1H3/t11-,15?/m0/s1. The maximum absolute atomic E-state index is 9.47. The van der Waals surface area contributed by atoms with E-state index >= 15 is 0 Å². The van der Waals surface area contributed by atoms with Crippen molar-refractivity contribution in [1.82, 2.24) is 5.32 Å². The van der Waals surface area contributed by atoms with Gasteiger partial charge < -0.3 is 15.2 Å². The van der Waals surface area contributed by atoms with Crippen molar-refractivity contribution in [3.63, 3.8) is 0 Å². The molecule has 0 radical (unpaired) electrons. The maximum Gasteiger partial charge on any atom is 0.127 e. The molecule has 1 heterocycles. The van der Waals surface area contributed by atoms with Gasteiger partial charge in [0.25, 0.3) is 0 Å². The molecule has 104 valence electrons. The van der Waals surface area contributed by atoms with Gasteiger partial charge in [-0.05, 0) is 37.8 Å². The summed E-state index contributed by atoms with van der Waals surface area (Å²) in [5.41, 5.74) is 1.18. The van der Waals surface area contributed by atoms with Gasteiger partial charge in [-0.2, -0.15) is 0 Å². The first-order valence-electron chi connectivity index (χ1n) is 7.46. The van der Waals surface area contributed by atoms with E-state index in [-0.39, 0.29) is 11.8 Å². The first-order chi connectivity index (χ1) is 9.24. The van der Waals surface area contributed by atoms with Gasteiger partial charge in [-0.1, -0.05) is 19.3 Å². The minimum absolute atomic E-state index is 0.271. The normalized spacial score (nSPS) is 24.8. The molecule has 0 spiro atoms. The van der Waals surface area contributed by atoms with Crippen molar-refractivity contribution in [3.8, 4) is 11.5 Å². The van der Waals surface area contributed by atoms with Crippen LogP contribution in [0.5, 0.6) is 11.5 Å². The van der Waals surface area contributed by atoms with Crippen molar-refractivity contribution in [2.24, 2.45) is 5.92 Å². The minimum atomic E-state index is 0.271. The number of ether oxygens (including phenoxy) is 1. The average molecular weight is 261 g/mol. The van der Waals surface area contributed by atoms with Crippen LogP contribution in [0.4, 0.5) is 0 Å². The number of hydrogen-bond acceptors (Lipinski definition) is 3. The molecule has 3 nitrogen and oxygen atoms in total. The van der Waals surface area contributed by atoms with E-state index in [0.717, 1.165) is 11.7 Å². The third-order valence-electron chi connectivity index (χ3n) is 4.60. The second-order valence-electron chi connectivity index (χ2n) is 5.94. The van der Waals surface area contributed by atoms with Crippen LogP contribution in [0.15, 0.2) is 18.2 Å². The maximum atomic E-state index is 9.47. The number of benzene rings is 1. The summed E-state index contributed by atoms with van der Waals surface area (Å²) >= 11 is 0. The van der Waals surface area contributed by atoms with Gasteiger partial charge in [0.15, 0.2) is 0 Å². The molecule has 3 rings (SSSR count). The Labute approximate surface area is 115 Å². The van der Waals surface area contributed by atoms with Gasteiger partial charge in [0.1, 0.15) is 18.1 Å². The minimum Gasteiger partial charge on any atom is -0.508 e. The summed E-state index contributed by atoms with van der Waals surface area (Å²) in [6, 6.07) is 6.24. The zero-order valence-corrected chi connectivity index (χ0v) is 11.6. The third kappa shape index (κ3) is 2.71. The molecule has 2 aliphatic rings. The number of aromatic hydroxyl groups is 1. The van der Waals surface area contributed by atoms with Crippen molar-refractivity contribution < 1.29 is 9.84 Å². The van der Waals surface area contributed by atoms with Gasteiger partial charge in [0, 0.05) is 17.7 Å². The van der Waals surface area contributed by atoms with Crippen LogP contribution in [0.25, 0.3) is 0 Å². The highest BCUT2D eigenvalue weighted by molar-refractivity contribution is 5.44. The fourth-order valence-electron chi connectivity index (χ4n) is 3.42. The van der Waals surface area contributed by atoms with Crippen LogP contribution >= 0.6 is 0 Å². The summed E-state index contributed by atoms with van der Waals surface area (Å²) in [6.07, 6.45) is 6.86. The molecule has 1 fully saturated rings. The zero-order valence-electron chi connectivity index (χ0n) is 11.6. The lowest BCUT2D eigenvalue weighted by molar-refractivity contribution is 0.241. The van der Waals surface area contributed by atoms with Crippen molar-refractivity contribution in [1.29, 1.82) is 0 Å². The second kappa shape index (κ2) is 5.41. The van der Waals surface area contributed by atoms with Crippen LogP contribution in [-0.4, -0.2) is 17.8 Å².